The fourth-order valence-electron chi connectivity index (χ4n) is 3.50. The van der Waals surface area contributed by atoms with E-state index in [9.17, 15) is 9.59 Å². The highest BCUT2D eigenvalue weighted by Gasteiger charge is 2.14. The van der Waals surface area contributed by atoms with E-state index in [1.54, 1.807) is 18.2 Å². The third-order valence-electron chi connectivity index (χ3n) is 4.98. The molecular weight excluding hydrogens is 340 g/mol. The SMILES string of the molecule is O=C(Nc1ccc(N2CCCCCC2)cc1)c1cc2ccccc2oc1=O. The van der Waals surface area contributed by atoms with Gasteiger partial charge in [-0.15, -0.1) is 0 Å². The lowest BCUT2D eigenvalue weighted by molar-refractivity contribution is 0.102. The molecule has 2 aromatic carbocycles. The summed E-state index contributed by atoms with van der Waals surface area (Å²) < 4.78 is 5.24. The van der Waals surface area contributed by atoms with Gasteiger partial charge in [0.25, 0.3) is 5.91 Å². The number of fused-ring (bicyclic) bond motifs is 1. The molecule has 2 heterocycles. The minimum atomic E-state index is -0.632. The molecule has 138 valence electrons. The minimum Gasteiger partial charge on any atom is -0.422 e. The first kappa shape index (κ1) is 17.3. The number of amides is 1. The van der Waals surface area contributed by atoms with E-state index in [1.807, 2.05) is 36.4 Å². The number of hydrogen-bond donors (Lipinski definition) is 1. The maximum Gasteiger partial charge on any atom is 0.349 e. The van der Waals surface area contributed by atoms with Crippen molar-refractivity contribution in [2.24, 2.45) is 0 Å². The molecule has 1 aromatic heterocycles. The Morgan fingerprint density at radius 2 is 1.63 bits per heavy atom. The molecule has 27 heavy (non-hydrogen) atoms. The number of anilines is 2. The van der Waals surface area contributed by atoms with E-state index in [1.165, 1.54) is 31.4 Å². The van der Waals surface area contributed by atoms with Crippen LogP contribution >= 0.6 is 0 Å². The molecule has 0 bridgehead atoms. The van der Waals surface area contributed by atoms with Crippen molar-refractivity contribution in [2.75, 3.05) is 23.3 Å². The predicted molar refractivity (Wildman–Crippen MR) is 108 cm³/mol. The highest BCUT2D eigenvalue weighted by atomic mass is 16.4. The predicted octanol–water partition coefficient (Wildman–Crippen LogP) is 4.43. The molecular formula is C22H22N2O3. The van der Waals surface area contributed by atoms with Gasteiger partial charge in [-0.1, -0.05) is 31.0 Å². The van der Waals surface area contributed by atoms with Gasteiger partial charge in [-0.05, 0) is 49.2 Å². The van der Waals surface area contributed by atoms with Crippen LogP contribution in [0.2, 0.25) is 0 Å². The van der Waals surface area contributed by atoms with Gasteiger partial charge in [0.1, 0.15) is 11.1 Å². The highest BCUT2D eigenvalue weighted by molar-refractivity contribution is 6.05. The Bertz CT molecular complexity index is 1000. The molecule has 0 radical (unpaired) electrons. The molecule has 1 amide bonds. The Labute approximate surface area is 157 Å². The van der Waals surface area contributed by atoms with Crippen molar-refractivity contribution >= 4 is 28.3 Å². The van der Waals surface area contributed by atoms with E-state index in [0.29, 0.717) is 11.3 Å². The molecule has 0 aliphatic carbocycles. The zero-order valence-corrected chi connectivity index (χ0v) is 15.1. The van der Waals surface area contributed by atoms with E-state index < -0.39 is 11.5 Å². The number of carbonyl (C=O) groups is 1. The Kier molecular flexibility index (Phi) is 4.92. The van der Waals surface area contributed by atoms with E-state index in [4.69, 9.17) is 4.42 Å². The Hall–Kier alpha value is -3.08. The van der Waals surface area contributed by atoms with Gasteiger partial charge in [0.05, 0.1) is 0 Å². The van der Waals surface area contributed by atoms with Crippen LogP contribution in [0.4, 0.5) is 11.4 Å². The molecule has 1 fully saturated rings. The van der Waals surface area contributed by atoms with Crippen LogP contribution in [0.15, 0.2) is 63.8 Å². The summed E-state index contributed by atoms with van der Waals surface area (Å²) in [7, 11) is 0. The molecule has 3 aromatic rings. The molecule has 5 nitrogen and oxygen atoms in total. The molecule has 0 saturated carbocycles. The maximum atomic E-state index is 12.5. The van der Waals surface area contributed by atoms with Gasteiger partial charge in [0.15, 0.2) is 0 Å². The number of benzene rings is 2. The third kappa shape index (κ3) is 3.87. The molecule has 0 unspecified atom stereocenters. The van der Waals surface area contributed by atoms with Crippen LogP contribution in [0.1, 0.15) is 36.0 Å². The molecule has 0 atom stereocenters. The van der Waals surface area contributed by atoms with Crippen molar-refractivity contribution in [2.45, 2.75) is 25.7 Å². The fraction of sp³-hybridized carbons (Fsp3) is 0.273. The van der Waals surface area contributed by atoms with Gasteiger partial charge >= 0.3 is 5.63 Å². The summed E-state index contributed by atoms with van der Waals surface area (Å²) in [6.07, 6.45) is 5.02. The van der Waals surface area contributed by atoms with Crippen LogP contribution in [0.3, 0.4) is 0 Å². The minimum absolute atomic E-state index is 0.00490. The average Bonchev–Trinajstić information content (AvgIpc) is 2.97. The zero-order valence-electron chi connectivity index (χ0n) is 15.1. The number of nitrogens with one attached hydrogen (secondary N) is 1. The summed E-state index contributed by atoms with van der Waals surface area (Å²) in [5.74, 6) is -0.461. The summed E-state index contributed by atoms with van der Waals surface area (Å²) in [6, 6.07) is 16.5. The van der Waals surface area contributed by atoms with E-state index in [-0.39, 0.29) is 5.56 Å². The Morgan fingerprint density at radius 1 is 0.926 bits per heavy atom. The van der Waals surface area contributed by atoms with Crippen LogP contribution in [-0.2, 0) is 0 Å². The summed E-state index contributed by atoms with van der Waals surface area (Å²) in [4.78, 5) is 27.0. The van der Waals surface area contributed by atoms with Crippen LogP contribution in [-0.4, -0.2) is 19.0 Å². The van der Waals surface area contributed by atoms with Crippen LogP contribution < -0.4 is 15.8 Å². The molecule has 0 spiro atoms. The number of para-hydroxylation sites is 1. The normalized spacial score (nSPS) is 14.7. The summed E-state index contributed by atoms with van der Waals surface area (Å²) in [5, 5.41) is 3.51. The van der Waals surface area contributed by atoms with Crippen molar-refractivity contribution < 1.29 is 9.21 Å². The molecule has 1 aliphatic heterocycles. The Balaban J connectivity index is 1.51. The van der Waals surface area contributed by atoms with Crippen molar-refractivity contribution in [1.82, 2.24) is 0 Å². The summed E-state index contributed by atoms with van der Waals surface area (Å²) >= 11 is 0. The first-order chi connectivity index (χ1) is 13.2. The van der Waals surface area contributed by atoms with Gasteiger partial charge in [-0.3, -0.25) is 4.79 Å². The zero-order chi connectivity index (χ0) is 18.6. The maximum absolute atomic E-state index is 12.5. The van der Waals surface area contributed by atoms with Gasteiger partial charge < -0.3 is 14.6 Å². The lowest BCUT2D eigenvalue weighted by Crippen LogP contribution is -2.24. The van der Waals surface area contributed by atoms with Crippen LogP contribution in [0.25, 0.3) is 11.0 Å². The largest absolute Gasteiger partial charge is 0.422 e. The lowest BCUT2D eigenvalue weighted by Gasteiger charge is -2.22. The lowest BCUT2D eigenvalue weighted by atomic mass is 10.1. The van der Waals surface area contributed by atoms with Gasteiger partial charge in [0.2, 0.25) is 0 Å². The smallest absolute Gasteiger partial charge is 0.349 e. The quantitative estimate of drug-likeness (QED) is 0.700. The van der Waals surface area contributed by atoms with Crippen LogP contribution in [0.5, 0.6) is 0 Å². The second-order valence-corrected chi connectivity index (χ2v) is 6.89. The van der Waals surface area contributed by atoms with Gasteiger partial charge in [-0.2, -0.15) is 0 Å². The number of nitrogens with zero attached hydrogens (tertiary/aromatic N) is 1. The fourth-order valence-corrected chi connectivity index (χ4v) is 3.50. The summed E-state index contributed by atoms with van der Waals surface area (Å²) in [6.45, 7) is 2.15. The van der Waals surface area contributed by atoms with Crippen molar-refractivity contribution in [3.63, 3.8) is 0 Å². The standard InChI is InChI=1S/C22H22N2O3/c25-21(19-15-16-7-3-4-8-20(16)27-22(19)26)23-17-9-11-18(12-10-17)24-13-5-1-2-6-14-24/h3-4,7-12,15H,1-2,5-6,13-14H2,(H,23,25). The van der Waals surface area contributed by atoms with Crippen molar-refractivity contribution in [1.29, 1.82) is 0 Å². The molecule has 5 heteroatoms. The number of carbonyl (C=O) groups excluding carboxylic acids is 1. The van der Waals surface area contributed by atoms with Crippen LogP contribution in [0, 0.1) is 0 Å². The van der Waals surface area contributed by atoms with Gasteiger partial charge in [0, 0.05) is 29.9 Å². The van der Waals surface area contributed by atoms with Gasteiger partial charge in [-0.25, -0.2) is 4.79 Å². The molecule has 4 rings (SSSR count). The molecule has 1 saturated heterocycles. The first-order valence-electron chi connectivity index (χ1n) is 9.40. The van der Waals surface area contributed by atoms with E-state index in [2.05, 4.69) is 10.2 Å². The second-order valence-electron chi connectivity index (χ2n) is 6.89. The van der Waals surface area contributed by atoms with Crippen molar-refractivity contribution in [3.8, 4) is 0 Å². The average molecular weight is 362 g/mol. The molecule has 1 N–H and O–H groups in total. The molecule has 1 aliphatic rings. The number of rotatable bonds is 3. The Morgan fingerprint density at radius 3 is 2.37 bits per heavy atom. The first-order valence-corrected chi connectivity index (χ1v) is 9.40. The number of hydrogen-bond acceptors (Lipinski definition) is 4. The monoisotopic (exact) mass is 362 g/mol. The second kappa shape index (κ2) is 7.66. The topological polar surface area (TPSA) is 62.6 Å². The van der Waals surface area contributed by atoms with Crippen molar-refractivity contribution in [3.05, 3.63) is 70.6 Å². The van der Waals surface area contributed by atoms with E-state index in [0.717, 1.165) is 18.5 Å². The third-order valence-corrected chi connectivity index (χ3v) is 4.98. The highest BCUT2D eigenvalue weighted by Crippen LogP contribution is 2.22. The van der Waals surface area contributed by atoms with E-state index >= 15 is 0 Å². The summed E-state index contributed by atoms with van der Waals surface area (Å²) in [5.41, 5.74) is 1.67.